The van der Waals surface area contributed by atoms with E-state index in [1.807, 2.05) is 24.3 Å². The van der Waals surface area contributed by atoms with Gasteiger partial charge in [-0.25, -0.2) is 4.79 Å². The van der Waals surface area contributed by atoms with Gasteiger partial charge in [0.25, 0.3) is 0 Å². The number of rotatable bonds is 5. The van der Waals surface area contributed by atoms with Crippen molar-refractivity contribution in [3.05, 3.63) is 88.5 Å². The maximum atomic E-state index is 13.4. The van der Waals surface area contributed by atoms with E-state index in [0.717, 1.165) is 24.1 Å². The predicted molar refractivity (Wildman–Crippen MR) is 130 cm³/mol. The van der Waals surface area contributed by atoms with E-state index < -0.39 is 29.1 Å². The number of primary amides is 2. The number of nitrogens with zero attached hydrogens (tertiary/aromatic N) is 1. The molecule has 2 aliphatic carbocycles. The van der Waals surface area contributed by atoms with Crippen molar-refractivity contribution in [3.8, 4) is 0 Å². The van der Waals surface area contributed by atoms with Crippen LogP contribution in [-0.2, 0) is 11.0 Å². The van der Waals surface area contributed by atoms with Crippen molar-refractivity contribution in [2.75, 3.05) is 13.1 Å². The van der Waals surface area contributed by atoms with Gasteiger partial charge in [0.15, 0.2) is 0 Å². The van der Waals surface area contributed by atoms with Crippen LogP contribution in [-0.4, -0.2) is 29.9 Å². The monoisotopic (exact) mass is 495 g/mol. The van der Waals surface area contributed by atoms with Gasteiger partial charge in [0, 0.05) is 13.1 Å². The van der Waals surface area contributed by atoms with Gasteiger partial charge in [0.1, 0.15) is 0 Å². The molecule has 0 saturated heterocycles. The molecule has 1 fully saturated rings. The first kappa shape index (κ1) is 24.2. The molecule has 3 aliphatic rings. The largest absolute Gasteiger partial charge is 0.416 e. The number of urea groups is 1. The van der Waals surface area contributed by atoms with Crippen LogP contribution in [0, 0.1) is 11.3 Å². The fourth-order valence-electron chi connectivity index (χ4n) is 5.95. The minimum atomic E-state index is -4.47. The summed E-state index contributed by atoms with van der Waals surface area (Å²) >= 11 is 0. The summed E-state index contributed by atoms with van der Waals surface area (Å²) in [5.41, 5.74) is 13.8. The zero-order valence-electron chi connectivity index (χ0n) is 19.7. The van der Waals surface area contributed by atoms with Crippen LogP contribution in [0.25, 0.3) is 5.57 Å². The lowest BCUT2D eigenvalue weighted by Gasteiger charge is -2.43. The Hall–Kier alpha value is -3.55. The summed E-state index contributed by atoms with van der Waals surface area (Å²) in [4.78, 5) is 26.7. The predicted octanol–water partition coefficient (Wildman–Crippen LogP) is 5.24. The minimum absolute atomic E-state index is 0.145. The van der Waals surface area contributed by atoms with E-state index in [2.05, 4.69) is 12.1 Å². The third-order valence-electron chi connectivity index (χ3n) is 7.95. The second-order valence-corrected chi connectivity index (χ2v) is 10.0. The first-order valence-electron chi connectivity index (χ1n) is 12.1. The normalized spacial score (nSPS) is 25.8. The molecule has 36 heavy (non-hydrogen) atoms. The van der Waals surface area contributed by atoms with Crippen molar-refractivity contribution in [3.63, 3.8) is 0 Å². The summed E-state index contributed by atoms with van der Waals surface area (Å²) in [6.07, 6.45) is -0.475. The maximum Gasteiger partial charge on any atom is 0.416 e. The molecule has 8 heteroatoms. The Morgan fingerprint density at radius 1 is 1.06 bits per heavy atom. The van der Waals surface area contributed by atoms with Gasteiger partial charge in [0.05, 0.1) is 11.0 Å². The Kier molecular flexibility index (Phi) is 5.93. The SMILES string of the molecule is NC(=O)N1CCC2=C(C1)C(C[C@@H]1C[C@H]1c1ccccc1)(C(N)=O)CC=C2c1cccc(C(F)(F)F)c1. The van der Waals surface area contributed by atoms with Crippen LogP contribution in [0.3, 0.4) is 0 Å². The number of carbonyl (C=O) groups excluding carboxylic acids is 2. The van der Waals surface area contributed by atoms with Crippen molar-refractivity contribution in [2.45, 2.75) is 37.8 Å². The lowest BCUT2D eigenvalue weighted by molar-refractivity contribution is -0.137. The molecular formula is C28H28F3N3O2. The first-order chi connectivity index (χ1) is 17.1. The summed E-state index contributed by atoms with van der Waals surface area (Å²) in [5.74, 6) is 0.108. The molecule has 188 valence electrons. The second kappa shape index (κ2) is 8.84. The Balaban J connectivity index is 1.54. The highest BCUT2D eigenvalue weighted by molar-refractivity contribution is 5.92. The average Bonchev–Trinajstić information content (AvgIpc) is 3.62. The lowest BCUT2D eigenvalue weighted by Crippen LogP contribution is -2.49. The number of amides is 3. The van der Waals surface area contributed by atoms with E-state index >= 15 is 0 Å². The fourth-order valence-corrected chi connectivity index (χ4v) is 5.95. The number of nitrogens with two attached hydrogens (primary N) is 2. The molecule has 1 saturated carbocycles. The van der Waals surface area contributed by atoms with Crippen molar-refractivity contribution in [1.82, 2.24) is 4.90 Å². The Morgan fingerprint density at radius 3 is 2.47 bits per heavy atom. The molecule has 3 amide bonds. The minimum Gasteiger partial charge on any atom is -0.369 e. The number of halogens is 3. The Morgan fingerprint density at radius 2 is 1.81 bits per heavy atom. The summed E-state index contributed by atoms with van der Waals surface area (Å²) in [6.45, 7) is 0.474. The van der Waals surface area contributed by atoms with E-state index in [-0.39, 0.29) is 18.9 Å². The summed E-state index contributed by atoms with van der Waals surface area (Å²) in [7, 11) is 0. The van der Waals surface area contributed by atoms with Crippen LogP contribution >= 0.6 is 0 Å². The Bertz CT molecular complexity index is 1270. The highest BCUT2D eigenvalue weighted by atomic mass is 19.4. The molecule has 1 unspecified atom stereocenters. The van der Waals surface area contributed by atoms with E-state index in [1.165, 1.54) is 16.5 Å². The van der Waals surface area contributed by atoms with Gasteiger partial charge in [-0.2, -0.15) is 13.2 Å². The molecule has 5 rings (SSSR count). The third-order valence-corrected chi connectivity index (χ3v) is 7.95. The molecule has 0 radical (unpaired) electrons. The van der Waals surface area contributed by atoms with Gasteiger partial charge in [-0.05, 0) is 77.5 Å². The molecule has 5 nitrogen and oxygen atoms in total. The standard InChI is InChI=1S/C28H28F3N3O2/c29-28(30,31)20-8-4-7-18(13-20)21-9-11-27(25(32)35,24-16-34(26(33)36)12-10-22(21)24)15-19-14-23(19)17-5-2-1-3-6-17/h1-9,13,19,23H,10-12,14-16H2,(H2,32,35)(H2,33,36)/t19-,23-,27?/m0/s1. The number of alkyl halides is 3. The maximum absolute atomic E-state index is 13.4. The van der Waals surface area contributed by atoms with Crippen molar-refractivity contribution >= 4 is 17.5 Å². The van der Waals surface area contributed by atoms with Crippen LogP contribution in [0.1, 0.15) is 48.3 Å². The molecule has 1 heterocycles. The highest BCUT2D eigenvalue weighted by Gasteiger charge is 2.51. The number of hydrogen-bond acceptors (Lipinski definition) is 2. The molecule has 3 atom stereocenters. The van der Waals surface area contributed by atoms with Crippen LogP contribution in [0.2, 0.25) is 0 Å². The fraction of sp³-hybridized carbons (Fsp3) is 0.357. The first-order valence-corrected chi connectivity index (χ1v) is 12.1. The van der Waals surface area contributed by atoms with Crippen LogP contribution in [0.15, 0.2) is 71.8 Å². The van der Waals surface area contributed by atoms with E-state index in [0.29, 0.717) is 42.0 Å². The number of benzene rings is 2. The molecule has 1 aliphatic heterocycles. The topological polar surface area (TPSA) is 89.4 Å². The highest BCUT2D eigenvalue weighted by Crippen LogP contribution is 2.58. The van der Waals surface area contributed by atoms with Gasteiger partial charge >= 0.3 is 12.2 Å². The van der Waals surface area contributed by atoms with Gasteiger partial charge < -0.3 is 16.4 Å². The van der Waals surface area contributed by atoms with E-state index in [4.69, 9.17) is 11.5 Å². The lowest BCUT2D eigenvalue weighted by atomic mass is 9.64. The van der Waals surface area contributed by atoms with E-state index in [9.17, 15) is 22.8 Å². The van der Waals surface area contributed by atoms with Crippen molar-refractivity contribution in [1.29, 1.82) is 0 Å². The molecular weight excluding hydrogens is 467 g/mol. The quantitative estimate of drug-likeness (QED) is 0.594. The number of hydrogen-bond donors (Lipinski definition) is 2. The second-order valence-electron chi connectivity index (χ2n) is 10.0. The van der Waals surface area contributed by atoms with Gasteiger partial charge in [-0.1, -0.05) is 48.5 Å². The summed E-state index contributed by atoms with van der Waals surface area (Å²) < 4.78 is 40.2. The van der Waals surface area contributed by atoms with Crippen molar-refractivity contribution in [2.24, 2.45) is 22.8 Å². The van der Waals surface area contributed by atoms with E-state index in [1.54, 1.807) is 6.07 Å². The Labute approximate surface area is 207 Å². The van der Waals surface area contributed by atoms with Gasteiger partial charge in [0.2, 0.25) is 5.91 Å². The van der Waals surface area contributed by atoms with Crippen LogP contribution in [0.4, 0.5) is 18.0 Å². The third kappa shape index (κ3) is 4.29. The van der Waals surface area contributed by atoms with Crippen LogP contribution < -0.4 is 11.5 Å². The molecule has 0 spiro atoms. The number of allylic oxidation sites excluding steroid dienone is 2. The van der Waals surface area contributed by atoms with Gasteiger partial charge in [-0.3, -0.25) is 4.79 Å². The molecule has 2 aromatic rings. The molecule has 0 bridgehead atoms. The molecule has 2 aromatic carbocycles. The molecule has 4 N–H and O–H groups in total. The van der Waals surface area contributed by atoms with Crippen LogP contribution in [0.5, 0.6) is 0 Å². The smallest absolute Gasteiger partial charge is 0.369 e. The number of carbonyl (C=O) groups is 2. The zero-order chi connectivity index (χ0) is 25.7. The zero-order valence-corrected chi connectivity index (χ0v) is 19.7. The molecule has 0 aromatic heterocycles. The summed E-state index contributed by atoms with van der Waals surface area (Å²) in [5, 5.41) is 0. The average molecular weight is 496 g/mol. The summed E-state index contributed by atoms with van der Waals surface area (Å²) in [6, 6.07) is 14.7. The van der Waals surface area contributed by atoms with Gasteiger partial charge in [-0.15, -0.1) is 0 Å². The van der Waals surface area contributed by atoms with Crippen molar-refractivity contribution < 1.29 is 22.8 Å².